The van der Waals surface area contributed by atoms with Crippen molar-refractivity contribution >= 4 is 56.6 Å². The summed E-state index contributed by atoms with van der Waals surface area (Å²) in [5.41, 5.74) is 15.1. The fraction of sp³-hybridized carbons (Fsp3) is 0.0625. The predicted octanol–water partition coefficient (Wildman–Crippen LogP) is 11.8. The molecule has 0 radical (unpaired) electrons. The summed E-state index contributed by atoms with van der Waals surface area (Å²) in [6.07, 6.45) is 7.73. The fourth-order valence-corrected chi connectivity index (χ4v) is 8.34. The summed E-state index contributed by atoms with van der Waals surface area (Å²) in [6.45, 7) is 1.22. The Hall–Kier alpha value is -6.65. The van der Waals surface area contributed by atoms with Gasteiger partial charge in [-0.15, -0.1) is 0 Å². The van der Waals surface area contributed by atoms with Crippen LogP contribution in [0.4, 0.5) is 5.69 Å². The molecule has 246 valence electrons. The Kier molecular flexibility index (Phi) is 7.14. The molecule has 0 saturated carbocycles. The second kappa shape index (κ2) is 12.3. The lowest BCUT2D eigenvalue weighted by Crippen LogP contribution is -2.09. The number of aliphatic imine (C=N–C) groups is 1. The Morgan fingerprint density at radius 3 is 2.02 bits per heavy atom. The van der Waals surface area contributed by atoms with E-state index in [1.54, 1.807) is 0 Å². The molecule has 1 aliphatic heterocycles. The number of pyridine rings is 1. The minimum Gasteiger partial charge on any atom is -0.379 e. The van der Waals surface area contributed by atoms with E-state index in [-0.39, 0.29) is 5.92 Å². The van der Waals surface area contributed by atoms with Crippen molar-refractivity contribution in [1.82, 2.24) is 4.98 Å². The van der Waals surface area contributed by atoms with Crippen molar-refractivity contribution in [2.24, 2.45) is 4.99 Å². The Balaban J connectivity index is 1.10. The van der Waals surface area contributed by atoms with Crippen molar-refractivity contribution in [2.75, 3.05) is 18.4 Å². The highest BCUT2D eigenvalue weighted by Gasteiger charge is 2.30. The van der Waals surface area contributed by atoms with Gasteiger partial charge in [0.05, 0.1) is 29.4 Å². The molecule has 7 aromatic carbocycles. The largest absolute Gasteiger partial charge is 0.379 e. The summed E-state index contributed by atoms with van der Waals surface area (Å²) in [7, 11) is 0. The van der Waals surface area contributed by atoms with E-state index in [9.17, 15) is 0 Å². The van der Waals surface area contributed by atoms with E-state index in [1.165, 1.54) is 72.3 Å². The summed E-state index contributed by atoms with van der Waals surface area (Å²) in [4.78, 5) is 10.0. The number of hydrogen-bond acceptors (Lipinski definition) is 4. The van der Waals surface area contributed by atoms with Crippen LogP contribution in [-0.2, 0) is 0 Å². The van der Waals surface area contributed by atoms with Crippen molar-refractivity contribution in [3.8, 4) is 44.5 Å². The molecule has 1 atom stereocenters. The summed E-state index contributed by atoms with van der Waals surface area (Å²) >= 11 is 0. The van der Waals surface area contributed by atoms with E-state index in [4.69, 9.17) is 15.4 Å². The maximum Gasteiger partial charge on any atom is 0.0943 e. The van der Waals surface area contributed by atoms with E-state index < -0.39 is 0 Å². The lowest BCUT2D eigenvalue weighted by atomic mass is 9.82. The molecule has 10 rings (SSSR count). The average molecular weight is 667 g/mol. The third kappa shape index (κ3) is 4.72. The highest BCUT2D eigenvalue weighted by atomic mass is 14.9. The Morgan fingerprint density at radius 1 is 0.654 bits per heavy atom. The van der Waals surface area contributed by atoms with Gasteiger partial charge in [0.1, 0.15) is 0 Å². The first-order chi connectivity index (χ1) is 25.8. The Bertz CT molecular complexity index is 2690. The van der Waals surface area contributed by atoms with Gasteiger partial charge in [-0.25, -0.2) is 4.98 Å². The van der Waals surface area contributed by atoms with Crippen molar-refractivity contribution in [2.45, 2.75) is 5.92 Å². The topological polar surface area (TPSA) is 61.1 Å². The van der Waals surface area contributed by atoms with Crippen LogP contribution in [-0.4, -0.2) is 30.5 Å². The molecular formula is C48H34N4. The van der Waals surface area contributed by atoms with Gasteiger partial charge in [0.15, 0.2) is 0 Å². The van der Waals surface area contributed by atoms with Crippen molar-refractivity contribution in [1.29, 1.82) is 5.41 Å². The lowest BCUT2D eigenvalue weighted by molar-refractivity contribution is 0.872. The van der Waals surface area contributed by atoms with E-state index in [1.807, 2.05) is 12.3 Å². The quantitative estimate of drug-likeness (QED) is 0.166. The van der Waals surface area contributed by atoms with Crippen LogP contribution in [0.1, 0.15) is 22.7 Å². The molecule has 8 aromatic rings. The molecule has 1 unspecified atom stereocenters. The van der Waals surface area contributed by atoms with Gasteiger partial charge in [0.2, 0.25) is 0 Å². The maximum absolute atomic E-state index is 8.32. The van der Waals surface area contributed by atoms with Crippen LogP contribution in [0.3, 0.4) is 0 Å². The minimum absolute atomic E-state index is 0.231. The monoisotopic (exact) mass is 666 g/mol. The number of rotatable bonds is 7. The number of anilines is 1. The van der Waals surface area contributed by atoms with Gasteiger partial charge >= 0.3 is 0 Å². The van der Waals surface area contributed by atoms with Gasteiger partial charge in [0.25, 0.3) is 0 Å². The van der Waals surface area contributed by atoms with Crippen LogP contribution in [0.15, 0.2) is 151 Å². The first-order valence-corrected chi connectivity index (χ1v) is 17.9. The molecule has 0 saturated heterocycles. The van der Waals surface area contributed by atoms with E-state index in [0.717, 1.165) is 40.0 Å². The van der Waals surface area contributed by atoms with Gasteiger partial charge < -0.3 is 10.7 Å². The van der Waals surface area contributed by atoms with Gasteiger partial charge in [0, 0.05) is 29.9 Å². The number of hydrogen-bond donors (Lipinski definition) is 2. The predicted molar refractivity (Wildman–Crippen MR) is 220 cm³/mol. The van der Waals surface area contributed by atoms with Gasteiger partial charge in [-0.05, 0) is 77.7 Å². The summed E-state index contributed by atoms with van der Waals surface area (Å²) in [5.74, 6) is -0.231. The molecule has 2 aliphatic rings. The zero-order chi connectivity index (χ0) is 34.6. The standard InChI is InChI=1S/C48H34N4/c49-27-35(41-25-23-33-21-20-32-15-10-26-51-47(32)48(33)52-41)29-50-28-34-22-24-40-44-36(34)18-9-19-39(44)45-42(30-11-3-1-4-12-30)37-16-7-8-17-38(37)43(46(40)45)31-13-5-2-6-14-31/h1-25,27-28,35,49,51H,26,29H2/b49-27?,50-28+. The Morgan fingerprint density at radius 2 is 1.31 bits per heavy atom. The van der Waals surface area contributed by atoms with Crippen molar-refractivity contribution in [3.63, 3.8) is 0 Å². The lowest BCUT2D eigenvalue weighted by Gasteiger charge is -2.20. The first kappa shape index (κ1) is 30.2. The van der Waals surface area contributed by atoms with Crippen LogP contribution in [0, 0.1) is 5.41 Å². The zero-order valence-corrected chi connectivity index (χ0v) is 28.5. The van der Waals surface area contributed by atoms with Crippen LogP contribution >= 0.6 is 0 Å². The number of benzene rings is 7. The smallest absolute Gasteiger partial charge is 0.0943 e. The van der Waals surface area contributed by atoms with Crippen LogP contribution < -0.4 is 5.32 Å². The molecule has 2 heterocycles. The second-order valence-corrected chi connectivity index (χ2v) is 13.6. The fourth-order valence-electron chi connectivity index (χ4n) is 8.34. The number of nitrogens with zero attached hydrogens (tertiary/aromatic N) is 2. The summed E-state index contributed by atoms with van der Waals surface area (Å²) in [5, 5.41) is 17.9. The number of nitrogens with one attached hydrogen (secondary N) is 2. The van der Waals surface area contributed by atoms with Crippen LogP contribution in [0.25, 0.3) is 83.0 Å². The Labute approximate surface area is 302 Å². The number of aromatic nitrogens is 1. The molecule has 4 nitrogen and oxygen atoms in total. The normalized spacial score (nSPS) is 13.4. The first-order valence-electron chi connectivity index (χ1n) is 17.9. The van der Waals surface area contributed by atoms with E-state index >= 15 is 0 Å². The molecule has 52 heavy (non-hydrogen) atoms. The third-order valence-electron chi connectivity index (χ3n) is 10.7. The second-order valence-electron chi connectivity index (χ2n) is 13.6. The van der Waals surface area contributed by atoms with Crippen LogP contribution in [0.2, 0.25) is 0 Å². The number of fused-ring (bicyclic) bond motifs is 7. The molecule has 1 aliphatic carbocycles. The average Bonchev–Trinajstić information content (AvgIpc) is 3.54. The minimum atomic E-state index is -0.231. The van der Waals surface area contributed by atoms with Crippen molar-refractivity contribution < 1.29 is 0 Å². The molecule has 4 heteroatoms. The van der Waals surface area contributed by atoms with Gasteiger partial charge in [-0.1, -0.05) is 146 Å². The third-order valence-corrected chi connectivity index (χ3v) is 10.7. The summed E-state index contributed by atoms with van der Waals surface area (Å²) < 4.78 is 0. The highest BCUT2D eigenvalue weighted by Crippen LogP contribution is 2.57. The highest BCUT2D eigenvalue weighted by molar-refractivity contribution is 6.28. The molecule has 0 bridgehead atoms. The molecular weight excluding hydrogens is 633 g/mol. The molecule has 0 amide bonds. The molecule has 2 N–H and O–H groups in total. The SMILES string of the molecule is N=CC(C/N=C/c1ccc2c3c(cccc13)-c1c-2c(-c2ccccc2)c2ccccc2c1-c1ccccc1)c1ccc2ccc3c(c2n1)NCC=C3. The molecule has 0 spiro atoms. The van der Waals surface area contributed by atoms with E-state index in [2.05, 4.69) is 151 Å². The summed E-state index contributed by atoms with van der Waals surface area (Å²) in [6, 6.07) is 50.1. The molecule has 1 aromatic heterocycles. The maximum atomic E-state index is 8.32. The van der Waals surface area contributed by atoms with Crippen molar-refractivity contribution in [3.05, 3.63) is 162 Å². The van der Waals surface area contributed by atoms with E-state index in [0.29, 0.717) is 6.54 Å². The molecule has 0 fully saturated rings. The van der Waals surface area contributed by atoms with Crippen LogP contribution in [0.5, 0.6) is 0 Å². The van der Waals surface area contributed by atoms with Gasteiger partial charge in [-0.3, -0.25) is 4.99 Å². The van der Waals surface area contributed by atoms with Gasteiger partial charge in [-0.2, -0.15) is 0 Å². The zero-order valence-electron chi connectivity index (χ0n) is 28.5.